The summed E-state index contributed by atoms with van der Waals surface area (Å²) in [4.78, 5) is 29.7. The minimum absolute atomic E-state index is 0.126. The number of likely N-dealkylation sites (tertiary alicyclic amines) is 1. The molecule has 34 heavy (non-hydrogen) atoms. The topological polar surface area (TPSA) is 83.5 Å². The van der Waals surface area contributed by atoms with Crippen molar-refractivity contribution in [1.82, 2.24) is 19.9 Å². The van der Waals surface area contributed by atoms with Crippen molar-refractivity contribution >= 4 is 57.7 Å². The van der Waals surface area contributed by atoms with Gasteiger partial charge in [0, 0.05) is 19.6 Å². The van der Waals surface area contributed by atoms with E-state index in [9.17, 15) is 9.18 Å². The van der Waals surface area contributed by atoms with Crippen LogP contribution >= 0.6 is 23.2 Å². The van der Waals surface area contributed by atoms with Crippen LogP contribution in [0.2, 0.25) is 10.0 Å². The number of ether oxygens (including phenoxy) is 1. The lowest BCUT2D eigenvalue weighted by atomic mass is 9.78. The number of aromatic nitrogens is 3. The fraction of sp³-hybridized carbons (Fsp3) is 0.391. The van der Waals surface area contributed by atoms with Gasteiger partial charge in [-0.3, -0.25) is 4.90 Å². The molecule has 2 aliphatic heterocycles. The lowest BCUT2D eigenvalue weighted by Gasteiger charge is -2.62. The van der Waals surface area contributed by atoms with Crippen molar-refractivity contribution in [2.75, 3.05) is 29.9 Å². The zero-order chi connectivity index (χ0) is 24.3. The highest BCUT2D eigenvalue weighted by atomic mass is 35.5. The zero-order valence-corrected chi connectivity index (χ0v) is 20.4. The molecular formula is C23H23Cl2FN6O2. The number of rotatable bonds is 3. The van der Waals surface area contributed by atoms with E-state index in [0.717, 1.165) is 12.2 Å². The molecule has 178 valence electrons. The Morgan fingerprint density at radius 1 is 1.18 bits per heavy atom. The third-order valence-electron chi connectivity index (χ3n) is 6.04. The zero-order valence-electron chi connectivity index (χ0n) is 18.9. The van der Waals surface area contributed by atoms with Gasteiger partial charge in [-0.05, 0) is 51.5 Å². The average Bonchev–Trinajstić information content (AvgIpc) is 2.71. The molecule has 2 fully saturated rings. The highest BCUT2D eigenvalue weighted by Crippen LogP contribution is 2.42. The maximum Gasteiger partial charge on any atom is 0.410 e. The quantitative estimate of drug-likeness (QED) is 0.477. The Morgan fingerprint density at radius 2 is 1.94 bits per heavy atom. The summed E-state index contributed by atoms with van der Waals surface area (Å²) in [5, 5.41) is 2.91. The molecule has 5 rings (SSSR count). The van der Waals surface area contributed by atoms with Crippen molar-refractivity contribution in [1.29, 1.82) is 0 Å². The first kappa shape index (κ1) is 22.9. The normalized spacial score (nSPS) is 16.9. The van der Waals surface area contributed by atoms with Gasteiger partial charge in [0.1, 0.15) is 23.3 Å². The molecule has 1 N–H and O–H groups in total. The van der Waals surface area contributed by atoms with Crippen LogP contribution in [0.1, 0.15) is 27.2 Å². The highest BCUT2D eigenvalue weighted by molar-refractivity contribution is 6.42. The highest BCUT2D eigenvalue weighted by Gasteiger charge is 2.56. The van der Waals surface area contributed by atoms with Gasteiger partial charge in [-0.2, -0.15) is 0 Å². The summed E-state index contributed by atoms with van der Waals surface area (Å²) < 4.78 is 20.1. The minimum atomic E-state index is -0.672. The molecule has 4 heterocycles. The summed E-state index contributed by atoms with van der Waals surface area (Å²) in [5.74, 6) is 0.397. The molecule has 1 aromatic carbocycles. The molecule has 11 heteroatoms. The molecule has 0 radical (unpaired) electrons. The van der Waals surface area contributed by atoms with Crippen LogP contribution in [-0.2, 0) is 4.74 Å². The first-order valence-corrected chi connectivity index (χ1v) is 11.6. The fourth-order valence-corrected chi connectivity index (χ4v) is 4.56. The van der Waals surface area contributed by atoms with E-state index in [4.69, 9.17) is 32.9 Å². The standard InChI is InChI=1S/C23H23Cl2FN6O2/c1-22(2,3)34-21(33)32-9-8-23(32)10-31(11-23)16-7-6-15-19(30-16)20(28-12-27-15)29-14-5-4-13(24)17(25)18(14)26/h4-7,12H,8-11H2,1-3H3,(H,27,28,29). The van der Waals surface area contributed by atoms with Crippen LogP contribution in [0, 0.1) is 5.82 Å². The number of nitrogens with one attached hydrogen (secondary N) is 1. The first-order chi connectivity index (χ1) is 16.1. The second-order valence-electron chi connectivity index (χ2n) is 9.57. The molecule has 1 amide bonds. The van der Waals surface area contributed by atoms with Crippen LogP contribution in [0.15, 0.2) is 30.6 Å². The Kier molecular flexibility index (Phi) is 5.44. The third kappa shape index (κ3) is 3.96. The van der Waals surface area contributed by atoms with Crippen molar-refractivity contribution in [3.8, 4) is 0 Å². The van der Waals surface area contributed by atoms with Crippen molar-refractivity contribution in [3.63, 3.8) is 0 Å². The monoisotopic (exact) mass is 504 g/mol. The van der Waals surface area contributed by atoms with Gasteiger partial charge in [-0.25, -0.2) is 24.1 Å². The Hall–Kier alpha value is -2.91. The largest absolute Gasteiger partial charge is 0.444 e. The molecule has 2 aromatic heterocycles. The molecule has 8 nitrogen and oxygen atoms in total. The molecule has 3 aromatic rings. The van der Waals surface area contributed by atoms with E-state index in [1.165, 1.54) is 18.5 Å². The average molecular weight is 505 g/mol. The van der Waals surface area contributed by atoms with Crippen LogP contribution < -0.4 is 10.2 Å². The minimum Gasteiger partial charge on any atom is -0.444 e. The first-order valence-electron chi connectivity index (χ1n) is 10.8. The number of halogens is 3. The predicted molar refractivity (Wildman–Crippen MR) is 130 cm³/mol. The van der Waals surface area contributed by atoms with Gasteiger partial charge >= 0.3 is 6.09 Å². The van der Waals surface area contributed by atoms with E-state index in [1.54, 1.807) is 4.90 Å². The molecule has 0 unspecified atom stereocenters. The number of pyridine rings is 1. The van der Waals surface area contributed by atoms with Crippen molar-refractivity contribution in [2.45, 2.75) is 38.3 Å². The Balaban J connectivity index is 1.37. The van der Waals surface area contributed by atoms with E-state index < -0.39 is 11.4 Å². The summed E-state index contributed by atoms with van der Waals surface area (Å²) >= 11 is 11.8. The Morgan fingerprint density at radius 3 is 2.62 bits per heavy atom. The SMILES string of the molecule is CC(C)(C)OC(=O)N1CCC12CN(c1ccc3ncnc(Nc4ccc(Cl)c(Cl)c4F)c3n1)C2. The van der Waals surface area contributed by atoms with Crippen LogP contribution in [-0.4, -0.2) is 56.7 Å². The number of carbonyl (C=O) groups excluding carboxylic acids is 1. The summed E-state index contributed by atoms with van der Waals surface area (Å²) in [6.45, 7) is 7.58. The van der Waals surface area contributed by atoms with Gasteiger partial charge in [0.2, 0.25) is 0 Å². The molecule has 2 saturated heterocycles. The molecule has 2 aliphatic rings. The van der Waals surface area contributed by atoms with Crippen molar-refractivity contribution in [3.05, 3.63) is 46.5 Å². The number of hydrogen-bond acceptors (Lipinski definition) is 7. The number of hydrogen-bond donors (Lipinski definition) is 1. The third-order valence-corrected chi connectivity index (χ3v) is 6.82. The summed E-state index contributed by atoms with van der Waals surface area (Å²) in [6, 6.07) is 6.71. The van der Waals surface area contributed by atoms with Gasteiger partial charge in [0.25, 0.3) is 0 Å². The second kappa shape index (κ2) is 8.09. The number of benzene rings is 1. The summed E-state index contributed by atoms with van der Waals surface area (Å²) in [5.41, 5.74) is 0.470. The van der Waals surface area contributed by atoms with Gasteiger partial charge < -0.3 is 15.0 Å². The van der Waals surface area contributed by atoms with Gasteiger partial charge in [-0.15, -0.1) is 0 Å². The van der Waals surface area contributed by atoms with Crippen LogP contribution in [0.3, 0.4) is 0 Å². The van der Waals surface area contributed by atoms with Gasteiger partial charge in [0.05, 0.1) is 26.8 Å². The molecular weight excluding hydrogens is 482 g/mol. The van der Waals surface area contributed by atoms with Crippen molar-refractivity contribution < 1.29 is 13.9 Å². The van der Waals surface area contributed by atoms with Crippen LogP contribution in [0.5, 0.6) is 0 Å². The number of amides is 1. The second-order valence-corrected chi connectivity index (χ2v) is 10.4. The smallest absolute Gasteiger partial charge is 0.410 e. The molecule has 0 atom stereocenters. The van der Waals surface area contributed by atoms with Crippen LogP contribution in [0.4, 0.5) is 26.5 Å². The number of carbonyl (C=O) groups is 1. The van der Waals surface area contributed by atoms with E-state index in [-0.39, 0.29) is 27.4 Å². The summed E-state index contributed by atoms with van der Waals surface area (Å²) in [7, 11) is 0. The van der Waals surface area contributed by atoms with E-state index in [0.29, 0.717) is 36.5 Å². The molecule has 0 saturated carbocycles. The number of nitrogens with zero attached hydrogens (tertiary/aromatic N) is 5. The maximum absolute atomic E-state index is 14.6. The number of anilines is 3. The number of fused-ring (bicyclic) bond motifs is 1. The fourth-order valence-electron chi connectivity index (χ4n) is 4.24. The van der Waals surface area contributed by atoms with E-state index in [2.05, 4.69) is 20.2 Å². The summed E-state index contributed by atoms with van der Waals surface area (Å²) in [6.07, 6.45) is 2.02. The molecule has 1 spiro atoms. The van der Waals surface area contributed by atoms with Crippen molar-refractivity contribution in [2.24, 2.45) is 0 Å². The van der Waals surface area contributed by atoms with Gasteiger partial charge in [0.15, 0.2) is 11.6 Å². The molecule has 0 bridgehead atoms. The lowest BCUT2D eigenvalue weighted by Crippen LogP contribution is -2.78. The van der Waals surface area contributed by atoms with E-state index >= 15 is 0 Å². The lowest BCUT2D eigenvalue weighted by molar-refractivity contribution is -0.0562. The van der Waals surface area contributed by atoms with Gasteiger partial charge in [-0.1, -0.05) is 23.2 Å². The maximum atomic E-state index is 14.6. The van der Waals surface area contributed by atoms with Crippen LogP contribution in [0.25, 0.3) is 11.0 Å². The Bertz CT molecular complexity index is 1290. The van der Waals surface area contributed by atoms with E-state index in [1.807, 2.05) is 32.9 Å². The molecule has 0 aliphatic carbocycles. The Labute approximate surface area is 206 Å². The predicted octanol–water partition coefficient (Wildman–Crippen LogP) is 5.41.